The first-order valence-electron chi connectivity index (χ1n) is 36.8. The number of hydrogen-bond acceptors (Lipinski definition) is 5. The molecule has 0 heterocycles. The molecule has 478 valence electrons. The minimum absolute atomic E-state index is 0.0230. The van der Waals surface area contributed by atoms with Gasteiger partial charge in [0.2, 0.25) is 5.91 Å². The number of nitrogens with one attached hydrogen (secondary N) is 1. The van der Waals surface area contributed by atoms with Gasteiger partial charge in [0.05, 0.1) is 25.4 Å². The van der Waals surface area contributed by atoms with Crippen LogP contribution in [0.3, 0.4) is 0 Å². The molecule has 3 N–H and O–H groups in total. The van der Waals surface area contributed by atoms with Crippen molar-refractivity contribution in [1.29, 1.82) is 0 Å². The van der Waals surface area contributed by atoms with Gasteiger partial charge in [0.25, 0.3) is 0 Å². The topological polar surface area (TPSA) is 95.9 Å². The van der Waals surface area contributed by atoms with Gasteiger partial charge < -0.3 is 20.3 Å². The van der Waals surface area contributed by atoms with E-state index in [1.54, 1.807) is 6.08 Å². The van der Waals surface area contributed by atoms with E-state index in [-0.39, 0.29) is 18.5 Å². The molecule has 1 amide bonds. The average molecular weight is 1140 g/mol. The fourth-order valence-corrected chi connectivity index (χ4v) is 11.6. The molecule has 0 bridgehead atoms. The first-order valence-corrected chi connectivity index (χ1v) is 36.8. The molecule has 2 unspecified atom stereocenters. The third-order valence-corrected chi connectivity index (χ3v) is 17.2. The van der Waals surface area contributed by atoms with E-state index in [9.17, 15) is 19.8 Å². The zero-order valence-corrected chi connectivity index (χ0v) is 54.8. The first-order chi connectivity index (χ1) is 40.0. The van der Waals surface area contributed by atoms with Crippen molar-refractivity contribution in [2.24, 2.45) is 0 Å². The van der Waals surface area contributed by atoms with Crippen molar-refractivity contribution in [3.05, 3.63) is 36.5 Å². The summed E-state index contributed by atoms with van der Waals surface area (Å²) >= 11 is 0. The second kappa shape index (κ2) is 70.6. The summed E-state index contributed by atoms with van der Waals surface area (Å²) in [5.74, 6) is -0.0428. The summed E-state index contributed by atoms with van der Waals surface area (Å²) in [7, 11) is 0. The monoisotopic (exact) mass is 1140 g/mol. The van der Waals surface area contributed by atoms with Crippen LogP contribution in [0.1, 0.15) is 406 Å². The maximum Gasteiger partial charge on any atom is 0.305 e. The van der Waals surface area contributed by atoms with E-state index in [2.05, 4.69) is 43.5 Å². The molecule has 0 aliphatic carbocycles. The summed E-state index contributed by atoms with van der Waals surface area (Å²) in [4.78, 5) is 24.5. The number of allylic oxidation sites excluding steroid dienone is 5. The molecule has 0 aliphatic rings. The van der Waals surface area contributed by atoms with E-state index in [1.165, 1.54) is 334 Å². The second-order valence-electron chi connectivity index (χ2n) is 25.3. The maximum atomic E-state index is 12.4. The number of esters is 1. The quantitative estimate of drug-likeness (QED) is 0.0320. The Bertz CT molecular complexity index is 1310. The van der Waals surface area contributed by atoms with Gasteiger partial charge in [-0.3, -0.25) is 9.59 Å². The van der Waals surface area contributed by atoms with Gasteiger partial charge in [0, 0.05) is 12.8 Å². The molecule has 0 aromatic heterocycles. The zero-order valence-electron chi connectivity index (χ0n) is 54.8. The fourth-order valence-electron chi connectivity index (χ4n) is 11.6. The fraction of sp³-hybridized carbons (Fsp3) is 0.893. The number of unbranched alkanes of at least 4 members (excludes halogenated alkanes) is 54. The molecule has 2 atom stereocenters. The molecule has 6 nitrogen and oxygen atoms in total. The Hall–Kier alpha value is -1.92. The number of ether oxygens (including phenoxy) is 1. The van der Waals surface area contributed by atoms with Gasteiger partial charge in [-0.15, -0.1) is 0 Å². The van der Waals surface area contributed by atoms with Crippen LogP contribution >= 0.6 is 0 Å². The Balaban J connectivity index is 3.33. The highest BCUT2D eigenvalue weighted by molar-refractivity contribution is 5.76. The SMILES string of the molecule is CCCCCCCCCC/C=C/C(O)C(CO)NC(=O)CCCCCCCCCCCCCCCCCCC/C=C\C/C=C\CCCCCCCCCCCCCCCOC(=O)CCCCCCCCCCCCCCCCCCC. The highest BCUT2D eigenvalue weighted by atomic mass is 16.5. The van der Waals surface area contributed by atoms with Crippen LogP contribution in [-0.2, 0) is 14.3 Å². The molecule has 0 saturated heterocycles. The van der Waals surface area contributed by atoms with E-state index < -0.39 is 12.1 Å². The average Bonchev–Trinajstić information content (AvgIpc) is 3.47. The molecule has 0 radical (unpaired) electrons. The smallest absolute Gasteiger partial charge is 0.305 e. The predicted molar refractivity (Wildman–Crippen MR) is 356 cm³/mol. The Labute approximate surface area is 506 Å². The molecule has 0 aromatic carbocycles. The predicted octanol–water partition coefficient (Wildman–Crippen LogP) is 23.9. The van der Waals surface area contributed by atoms with Gasteiger partial charge in [-0.05, 0) is 64.2 Å². The highest BCUT2D eigenvalue weighted by Crippen LogP contribution is 2.19. The van der Waals surface area contributed by atoms with Gasteiger partial charge in [0.15, 0.2) is 0 Å². The van der Waals surface area contributed by atoms with Crippen molar-refractivity contribution in [3.8, 4) is 0 Å². The number of carbonyl (C=O) groups is 2. The molecule has 0 saturated carbocycles. The van der Waals surface area contributed by atoms with Gasteiger partial charge in [-0.25, -0.2) is 0 Å². The standard InChI is InChI=1S/C75H143NO5/c1-3-5-7-9-11-13-15-16-17-39-43-46-49-53-57-61-65-69-75(80)81-70-66-62-58-54-50-47-44-41-38-36-34-32-30-28-26-24-22-20-18-19-21-23-25-27-29-31-33-35-37-40-42-45-48-52-56-60-64-68-74(79)76-72(71-77)73(78)67-63-59-55-51-14-12-10-8-6-4-2/h18,20,24,26,63,67,72-73,77-78H,3-17,19,21-23,25,27-62,64-66,68-71H2,1-2H3,(H,76,79)/b20-18-,26-24-,67-63+. The Morgan fingerprint density at radius 3 is 0.938 bits per heavy atom. The Morgan fingerprint density at radius 2 is 0.617 bits per heavy atom. The van der Waals surface area contributed by atoms with Gasteiger partial charge in [-0.2, -0.15) is 0 Å². The third-order valence-electron chi connectivity index (χ3n) is 17.2. The summed E-state index contributed by atoms with van der Waals surface area (Å²) < 4.78 is 5.51. The lowest BCUT2D eigenvalue weighted by Crippen LogP contribution is -2.45. The van der Waals surface area contributed by atoms with Crippen LogP contribution in [0.2, 0.25) is 0 Å². The normalized spacial score (nSPS) is 12.7. The molecule has 0 aliphatic heterocycles. The lowest BCUT2D eigenvalue weighted by molar-refractivity contribution is -0.143. The summed E-state index contributed by atoms with van der Waals surface area (Å²) in [6, 6.07) is -0.624. The molecule has 0 rings (SSSR count). The van der Waals surface area contributed by atoms with Crippen LogP contribution in [0.5, 0.6) is 0 Å². The van der Waals surface area contributed by atoms with Crippen molar-refractivity contribution < 1.29 is 24.5 Å². The van der Waals surface area contributed by atoms with Crippen molar-refractivity contribution in [2.75, 3.05) is 13.2 Å². The van der Waals surface area contributed by atoms with Crippen LogP contribution in [0, 0.1) is 0 Å². The maximum absolute atomic E-state index is 12.4. The largest absolute Gasteiger partial charge is 0.466 e. The number of carbonyl (C=O) groups excluding carboxylic acids is 2. The Kier molecular flexibility index (Phi) is 68.9. The first kappa shape index (κ1) is 79.1. The van der Waals surface area contributed by atoms with Crippen LogP contribution < -0.4 is 5.32 Å². The second-order valence-corrected chi connectivity index (χ2v) is 25.3. The van der Waals surface area contributed by atoms with Crippen molar-refractivity contribution in [1.82, 2.24) is 5.32 Å². The van der Waals surface area contributed by atoms with Crippen LogP contribution in [0.15, 0.2) is 36.5 Å². The number of amides is 1. The highest BCUT2D eigenvalue weighted by Gasteiger charge is 2.18. The summed E-state index contributed by atoms with van der Waals surface area (Å²) in [6.45, 7) is 4.92. The molecule has 0 aromatic rings. The van der Waals surface area contributed by atoms with E-state index in [1.807, 2.05) is 6.08 Å². The third kappa shape index (κ3) is 67.1. The van der Waals surface area contributed by atoms with Gasteiger partial charge >= 0.3 is 5.97 Å². The molecule has 81 heavy (non-hydrogen) atoms. The van der Waals surface area contributed by atoms with Crippen LogP contribution in [0.25, 0.3) is 0 Å². The van der Waals surface area contributed by atoms with Crippen molar-refractivity contribution >= 4 is 11.9 Å². The number of aliphatic hydroxyl groups is 2. The molecular weight excluding hydrogens is 995 g/mol. The number of aliphatic hydroxyl groups excluding tert-OH is 2. The molecule has 6 heteroatoms. The Morgan fingerprint density at radius 1 is 0.346 bits per heavy atom. The van der Waals surface area contributed by atoms with Crippen LogP contribution in [-0.4, -0.2) is 47.4 Å². The number of hydrogen-bond donors (Lipinski definition) is 3. The molecular formula is C75H143NO5. The van der Waals surface area contributed by atoms with Gasteiger partial charge in [-0.1, -0.05) is 365 Å². The summed E-state index contributed by atoms with van der Waals surface area (Å²) in [6.07, 6.45) is 91.2. The van der Waals surface area contributed by atoms with E-state index in [0.717, 1.165) is 44.9 Å². The molecule has 0 fully saturated rings. The lowest BCUT2D eigenvalue weighted by atomic mass is 10.0. The minimum atomic E-state index is -0.841. The van der Waals surface area contributed by atoms with E-state index in [4.69, 9.17) is 4.74 Å². The molecule has 0 spiro atoms. The van der Waals surface area contributed by atoms with Gasteiger partial charge in [0.1, 0.15) is 0 Å². The zero-order chi connectivity index (χ0) is 58.5. The van der Waals surface area contributed by atoms with E-state index >= 15 is 0 Å². The van der Waals surface area contributed by atoms with E-state index in [0.29, 0.717) is 19.4 Å². The minimum Gasteiger partial charge on any atom is -0.466 e. The van der Waals surface area contributed by atoms with Crippen molar-refractivity contribution in [3.63, 3.8) is 0 Å². The number of rotatable bonds is 69. The van der Waals surface area contributed by atoms with Crippen molar-refractivity contribution in [2.45, 2.75) is 418 Å². The van der Waals surface area contributed by atoms with Crippen LogP contribution in [0.4, 0.5) is 0 Å². The lowest BCUT2D eigenvalue weighted by Gasteiger charge is -2.20. The summed E-state index contributed by atoms with van der Waals surface area (Å²) in [5, 5.41) is 23.0. The summed E-state index contributed by atoms with van der Waals surface area (Å²) in [5.41, 5.74) is 0.